The van der Waals surface area contributed by atoms with E-state index in [4.69, 9.17) is 5.41 Å². The van der Waals surface area contributed by atoms with Gasteiger partial charge in [-0.1, -0.05) is 17.8 Å². The number of nitrogens with zero attached hydrogens (tertiary/aromatic N) is 2. The summed E-state index contributed by atoms with van der Waals surface area (Å²) in [5.41, 5.74) is 0.876. The molecule has 0 fully saturated rings. The summed E-state index contributed by atoms with van der Waals surface area (Å²) in [6.45, 7) is 0. The molecular weight excluding hydrogens is 240 g/mol. The number of thioether (sulfide) groups is 1. The molecule has 6 heteroatoms. The number of thiophene rings is 1. The lowest BCUT2D eigenvalue weighted by atomic mass is 10.3. The molecule has 4 nitrogen and oxygen atoms in total. The van der Waals surface area contributed by atoms with E-state index in [1.807, 2.05) is 29.8 Å². The predicted octanol–water partition coefficient (Wildman–Crippen LogP) is 2.91. The van der Waals surface area contributed by atoms with Crippen molar-refractivity contribution in [1.82, 2.24) is 9.97 Å². The predicted molar refractivity (Wildman–Crippen MR) is 70.2 cm³/mol. The average molecular weight is 250 g/mol. The molecule has 2 aromatic heterocycles. The summed E-state index contributed by atoms with van der Waals surface area (Å²) in [5.74, 6) is 0.463. The van der Waals surface area contributed by atoms with Crippen molar-refractivity contribution in [3.63, 3.8) is 0 Å². The molecule has 0 saturated heterocycles. The van der Waals surface area contributed by atoms with E-state index in [1.54, 1.807) is 17.5 Å². The van der Waals surface area contributed by atoms with E-state index in [1.165, 1.54) is 11.8 Å². The summed E-state index contributed by atoms with van der Waals surface area (Å²) in [4.78, 5) is 9.50. The van der Waals surface area contributed by atoms with E-state index in [0.717, 1.165) is 10.6 Å². The van der Waals surface area contributed by atoms with Crippen LogP contribution in [-0.2, 0) is 0 Å². The van der Waals surface area contributed by atoms with Crippen molar-refractivity contribution >= 4 is 34.2 Å². The molecule has 16 heavy (non-hydrogen) atoms. The van der Waals surface area contributed by atoms with Crippen molar-refractivity contribution < 1.29 is 0 Å². The summed E-state index contributed by atoms with van der Waals surface area (Å²) < 4.78 is 0. The summed E-state index contributed by atoms with van der Waals surface area (Å²) >= 11 is 2.95. The summed E-state index contributed by atoms with van der Waals surface area (Å²) in [7, 11) is 0. The monoisotopic (exact) mass is 250 g/mol. The van der Waals surface area contributed by atoms with Crippen molar-refractivity contribution in [2.24, 2.45) is 0 Å². The lowest BCUT2D eigenvalue weighted by molar-refractivity contribution is 1.18. The highest BCUT2D eigenvalue weighted by molar-refractivity contribution is 8.13. The Morgan fingerprint density at radius 2 is 2.38 bits per heavy atom. The molecule has 0 aliphatic rings. The van der Waals surface area contributed by atoms with Gasteiger partial charge in [-0.05, 0) is 23.8 Å². The third-order valence-corrected chi connectivity index (χ3v) is 3.26. The minimum absolute atomic E-state index is 0.336. The van der Waals surface area contributed by atoms with Crippen LogP contribution in [0.5, 0.6) is 0 Å². The number of amidine groups is 1. The third-order valence-electron chi connectivity index (χ3n) is 1.86. The van der Waals surface area contributed by atoms with E-state index in [2.05, 4.69) is 15.3 Å². The molecule has 0 amide bonds. The number of rotatable bonds is 2. The van der Waals surface area contributed by atoms with Crippen LogP contribution in [0, 0.1) is 5.41 Å². The van der Waals surface area contributed by atoms with E-state index in [0.29, 0.717) is 11.1 Å². The van der Waals surface area contributed by atoms with Gasteiger partial charge < -0.3 is 5.32 Å². The highest BCUT2D eigenvalue weighted by Crippen LogP contribution is 2.22. The molecule has 0 atom stereocenters. The van der Waals surface area contributed by atoms with Gasteiger partial charge in [0.05, 0.1) is 10.6 Å². The normalized spacial score (nSPS) is 10.1. The maximum Gasteiger partial charge on any atom is 0.229 e. The first-order chi connectivity index (χ1) is 7.79. The molecule has 2 rings (SSSR count). The second-order valence-electron chi connectivity index (χ2n) is 2.90. The second kappa shape index (κ2) is 5.09. The van der Waals surface area contributed by atoms with Gasteiger partial charge in [0.2, 0.25) is 5.95 Å². The number of nitrogens with one attached hydrogen (secondary N) is 2. The Balaban J connectivity index is 2.23. The van der Waals surface area contributed by atoms with Gasteiger partial charge in [-0.15, -0.1) is 11.3 Å². The Morgan fingerprint density at radius 1 is 1.50 bits per heavy atom. The maximum atomic E-state index is 7.49. The summed E-state index contributed by atoms with van der Waals surface area (Å²) in [6.07, 6.45) is 3.52. The minimum atomic E-state index is 0.336. The van der Waals surface area contributed by atoms with Gasteiger partial charge in [0, 0.05) is 6.20 Å². The van der Waals surface area contributed by atoms with Crippen LogP contribution in [0.15, 0.2) is 29.8 Å². The van der Waals surface area contributed by atoms with E-state index >= 15 is 0 Å². The minimum Gasteiger partial charge on any atom is -0.304 e. The molecule has 0 spiro atoms. The molecule has 0 unspecified atom stereocenters. The molecule has 0 radical (unpaired) electrons. The fourth-order valence-electron chi connectivity index (χ4n) is 1.13. The molecule has 0 aromatic carbocycles. The van der Waals surface area contributed by atoms with Crippen molar-refractivity contribution in [3.8, 4) is 10.6 Å². The lowest BCUT2D eigenvalue weighted by Crippen LogP contribution is -2.08. The molecule has 2 heterocycles. The van der Waals surface area contributed by atoms with Gasteiger partial charge in [0.25, 0.3) is 0 Å². The van der Waals surface area contributed by atoms with Crippen LogP contribution in [0.3, 0.4) is 0 Å². The fraction of sp³-hybridized carbons (Fsp3) is 0.100. The fourth-order valence-corrected chi connectivity index (χ4v) is 2.02. The van der Waals surface area contributed by atoms with Gasteiger partial charge in [0.15, 0.2) is 5.17 Å². The van der Waals surface area contributed by atoms with Gasteiger partial charge in [-0.25, -0.2) is 9.97 Å². The van der Waals surface area contributed by atoms with Crippen LogP contribution >= 0.6 is 23.1 Å². The lowest BCUT2D eigenvalue weighted by Gasteiger charge is -2.04. The number of hydrogen-bond donors (Lipinski definition) is 2. The van der Waals surface area contributed by atoms with Crippen molar-refractivity contribution in [3.05, 3.63) is 29.8 Å². The Labute approximate surface area is 102 Å². The Kier molecular flexibility index (Phi) is 3.53. The van der Waals surface area contributed by atoms with Crippen LogP contribution in [0.4, 0.5) is 5.95 Å². The molecule has 0 aliphatic heterocycles. The van der Waals surface area contributed by atoms with E-state index < -0.39 is 0 Å². The summed E-state index contributed by atoms with van der Waals surface area (Å²) in [6, 6.07) is 5.86. The van der Waals surface area contributed by atoms with E-state index in [-0.39, 0.29) is 0 Å². The molecule has 2 aromatic rings. The second-order valence-corrected chi connectivity index (χ2v) is 4.67. The Bertz CT molecular complexity index is 481. The van der Waals surface area contributed by atoms with Crippen LogP contribution in [0.2, 0.25) is 0 Å². The maximum absolute atomic E-state index is 7.49. The summed E-state index contributed by atoms with van der Waals surface area (Å²) in [5, 5.41) is 12.7. The third kappa shape index (κ3) is 2.59. The molecule has 0 bridgehead atoms. The molecular formula is C10H10N4S2. The van der Waals surface area contributed by atoms with Crippen LogP contribution in [-0.4, -0.2) is 21.4 Å². The number of aromatic nitrogens is 2. The largest absolute Gasteiger partial charge is 0.304 e. The van der Waals surface area contributed by atoms with Gasteiger partial charge in [-0.2, -0.15) is 0 Å². The van der Waals surface area contributed by atoms with Crippen LogP contribution < -0.4 is 5.32 Å². The first-order valence-electron chi connectivity index (χ1n) is 4.56. The standard InChI is InChI=1S/C10H10N4S2/c1-15-9(11)14-10-12-5-4-7(13-10)8-3-2-6-16-8/h2-6H,1H3,(H2,11,12,13,14). The Hall–Kier alpha value is -1.40. The topological polar surface area (TPSA) is 61.7 Å². The van der Waals surface area contributed by atoms with E-state index in [9.17, 15) is 0 Å². The first-order valence-corrected chi connectivity index (χ1v) is 6.66. The molecule has 0 aliphatic carbocycles. The molecule has 2 N–H and O–H groups in total. The zero-order valence-electron chi connectivity index (χ0n) is 8.60. The highest BCUT2D eigenvalue weighted by atomic mass is 32.2. The zero-order chi connectivity index (χ0) is 11.4. The number of anilines is 1. The van der Waals surface area contributed by atoms with Crippen LogP contribution in [0.1, 0.15) is 0 Å². The molecule has 82 valence electrons. The first kappa shape index (κ1) is 11.1. The van der Waals surface area contributed by atoms with Gasteiger partial charge in [-0.3, -0.25) is 5.41 Å². The smallest absolute Gasteiger partial charge is 0.229 e. The van der Waals surface area contributed by atoms with Gasteiger partial charge >= 0.3 is 0 Å². The Morgan fingerprint density at radius 3 is 3.06 bits per heavy atom. The quantitative estimate of drug-likeness (QED) is 0.635. The number of hydrogen-bond acceptors (Lipinski definition) is 5. The average Bonchev–Trinajstić information content (AvgIpc) is 2.83. The SMILES string of the molecule is CSC(=N)Nc1nccc(-c2cccs2)n1. The zero-order valence-corrected chi connectivity index (χ0v) is 10.2. The van der Waals surface area contributed by atoms with Crippen molar-refractivity contribution in [2.45, 2.75) is 0 Å². The molecule has 0 saturated carbocycles. The highest BCUT2D eigenvalue weighted by Gasteiger charge is 2.03. The van der Waals surface area contributed by atoms with Crippen molar-refractivity contribution in [1.29, 1.82) is 5.41 Å². The van der Waals surface area contributed by atoms with Crippen LogP contribution in [0.25, 0.3) is 10.6 Å². The van der Waals surface area contributed by atoms with Gasteiger partial charge in [0.1, 0.15) is 0 Å². The van der Waals surface area contributed by atoms with Crippen molar-refractivity contribution in [2.75, 3.05) is 11.6 Å².